The molecular weight excluding hydrogens is 236 g/mol. The highest BCUT2D eigenvalue weighted by atomic mass is 16.1. The van der Waals surface area contributed by atoms with Crippen molar-refractivity contribution in [3.63, 3.8) is 0 Å². The largest absolute Gasteiger partial charge is 0.334 e. The van der Waals surface area contributed by atoms with E-state index >= 15 is 0 Å². The fourth-order valence-electron chi connectivity index (χ4n) is 2.69. The van der Waals surface area contributed by atoms with E-state index < -0.39 is 5.54 Å². The smallest absolute Gasteiger partial charge is 0.252 e. The standard InChI is InChI=1S/C16H20N2O/c1-12-6-7-13(2)14(10-12)15(19)18-16(11-17)8-4-3-5-9-16/h6-7,10H,3-5,8-9H2,1-2H3,(H,18,19). The van der Waals surface area contributed by atoms with Crippen LogP contribution < -0.4 is 5.32 Å². The van der Waals surface area contributed by atoms with Crippen LogP contribution in [-0.2, 0) is 0 Å². The van der Waals surface area contributed by atoms with Crippen LogP contribution >= 0.6 is 0 Å². The second-order valence-electron chi connectivity index (χ2n) is 5.53. The van der Waals surface area contributed by atoms with Gasteiger partial charge < -0.3 is 5.32 Å². The zero-order valence-electron chi connectivity index (χ0n) is 11.6. The molecule has 1 amide bonds. The first-order chi connectivity index (χ1) is 9.06. The average Bonchev–Trinajstić information content (AvgIpc) is 2.42. The molecule has 1 aliphatic carbocycles. The molecule has 3 heteroatoms. The third kappa shape index (κ3) is 2.96. The summed E-state index contributed by atoms with van der Waals surface area (Å²) in [6.45, 7) is 3.89. The van der Waals surface area contributed by atoms with Crippen LogP contribution in [0, 0.1) is 25.2 Å². The molecule has 1 aromatic rings. The van der Waals surface area contributed by atoms with Gasteiger partial charge in [-0.1, -0.05) is 37.0 Å². The third-order valence-corrected chi connectivity index (χ3v) is 3.91. The fraction of sp³-hybridized carbons (Fsp3) is 0.500. The van der Waals surface area contributed by atoms with Crippen LogP contribution in [0.15, 0.2) is 18.2 Å². The lowest BCUT2D eigenvalue weighted by Gasteiger charge is -2.31. The minimum absolute atomic E-state index is 0.121. The summed E-state index contributed by atoms with van der Waals surface area (Å²) in [7, 11) is 0. The molecule has 3 nitrogen and oxygen atoms in total. The zero-order valence-corrected chi connectivity index (χ0v) is 11.6. The van der Waals surface area contributed by atoms with E-state index in [2.05, 4.69) is 11.4 Å². The van der Waals surface area contributed by atoms with Crippen molar-refractivity contribution in [3.8, 4) is 6.07 Å². The molecule has 19 heavy (non-hydrogen) atoms. The summed E-state index contributed by atoms with van der Waals surface area (Å²) < 4.78 is 0. The van der Waals surface area contributed by atoms with Crippen LogP contribution in [0.2, 0.25) is 0 Å². The topological polar surface area (TPSA) is 52.9 Å². The summed E-state index contributed by atoms with van der Waals surface area (Å²) in [5.74, 6) is -0.121. The molecule has 0 saturated heterocycles. The van der Waals surface area contributed by atoms with Crippen molar-refractivity contribution in [2.75, 3.05) is 0 Å². The molecule has 0 atom stereocenters. The van der Waals surface area contributed by atoms with Crippen LogP contribution in [0.4, 0.5) is 0 Å². The number of hydrogen-bond acceptors (Lipinski definition) is 2. The Balaban J connectivity index is 2.20. The lowest BCUT2D eigenvalue weighted by molar-refractivity contribution is 0.0902. The molecule has 0 spiro atoms. The van der Waals surface area contributed by atoms with E-state index in [1.807, 2.05) is 32.0 Å². The molecule has 1 fully saturated rings. The number of amides is 1. The predicted molar refractivity (Wildman–Crippen MR) is 74.8 cm³/mol. The Bertz CT molecular complexity index is 522. The van der Waals surface area contributed by atoms with Gasteiger partial charge in [-0.3, -0.25) is 4.79 Å². The second kappa shape index (κ2) is 5.44. The number of nitrogens with one attached hydrogen (secondary N) is 1. The number of aryl methyl sites for hydroxylation is 2. The van der Waals surface area contributed by atoms with Gasteiger partial charge in [0, 0.05) is 5.56 Å². The van der Waals surface area contributed by atoms with Crippen LogP contribution in [0.3, 0.4) is 0 Å². The molecule has 0 bridgehead atoms. The van der Waals surface area contributed by atoms with Crippen molar-refractivity contribution in [2.24, 2.45) is 0 Å². The molecule has 1 N–H and O–H groups in total. The van der Waals surface area contributed by atoms with Gasteiger partial charge in [0.15, 0.2) is 0 Å². The minimum Gasteiger partial charge on any atom is -0.334 e. The fourth-order valence-corrected chi connectivity index (χ4v) is 2.69. The number of carbonyl (C=O) groups excluding carboxylic acids is 1. The number of rotatable bonds is 2. The Kier molecular flexibility index (Phi) is 3.90. The number of hydrogen-bond donors (Lipinski definition) is 1. The third-order valence-electron chi connectivity index (χ3n) is 3.91. The quantitative estimate of drug-likeness (QED) is 0.883. The predicted octanol–water partition coefficient (Wildman–Crippen LogP) is 3.26. The Morgan fingerprint density at radius 2 is 1.95 bits per heavy atom. The van der Waals surface area contributed by atoms with Crippen LogP contribution in [0.5, 0.6) is 0 Å². The Labute approximate surface area is 114 Å². The monoisotopic (exact) mass is 256 g/mol. The summed E-state index contributed by atoms with van der Waals surface area (Å²) in [6.07, 6.45) is 4.71. The molecule has 0 unspecified atom stereocenters. The van der Waals surface area contributed by atoms with Crippen molar-refractivity contribution < 1.29 is 4.79 Å². The van der Waals surface area contributed by atoms with Crippen LogP contribution in [0.1, 0.15) is 53.6 Å². The first kappa shape index (κ1) is 13.6. The van der Waals surface area contributed by atoms with Gasteiger partial charge >= 0.3 is 0 Å². The van der Waals surface area contributed by atoms with Crippen molar-refractivity contribution >= 4 is 5.91 Å². The second-order valence-corrected chi connectivity index (χ2v) is 5.53. The maximum Gasteiger partial charge on any atom is 0.252 e. The van der Waals surface area contributed by atoms with Gasteiger partial charge in [-0.2, -0.15) is 5.26 Å². The van der Waals surface area contributed by atoms with Gasteiger partial charge in [0.05, 0.1) is 6.07 Å². The summed E-state index contributed by atoms with van der Waals surface area (Å²) in [6, 6.07) is 8.15. The van der Waals surface area contributed by atoms with Gasteiger partial charge in [0.2, 0.25) is 0 Å². The average molecular weight is 256 g/mol. The summed E-state index contributed by atoms with van der Waals surface area (Å²) in [4.78, 5) is 12.4. The Morgan fingerprint density at radius 1 is 1.26 bits per heavy atom. The first-order valence-corrected chi connectivity index (χ1v) is 6.87. The minimum atomic E-state index is -0.661. The number of carbonyl (C=O) groups is 1. The molecule has 1 aliphatic rings. The molecule has 0 aliphatic heterocycles. The van der Waals surface area contributed by atoms with Crippen molar-refractivity contribution in [3.05, 3.63) is 34.9 Å². The van der Waals surface area contributed by atoms with Crippen molar-refractivity contribution in [1.82, 2.24) is 5.32 Å². The van der Waals surface area contributed by atoms with Gasteiger partial charge in [-0.05, 0) is 38.3 Å². The van der Waals surface area contributed by atoms with Gasteiger partial charge in [-0.15, -0.1) is 0 Å². The molecule has 100 valence electrons. The first-order valence-electron chi connectivity index (χ1n) is 6.87. The van der Waals surface area contributed by atoms with E-state index in [0.717, 1.165) is 43.2 Å². The lowest BCUT2D eigenvalue weighted by atomic mass is 9.82. The van der Waals surface area contributed by atoms with Gasteiger partial charge in [0.25, 0.3) is 5.91 Å². The van der Waals surface area contributed by atoms with E-state index in [4.69, 9.17) is 0 Å². The molecule has 0 heterocycles. The zero-order chi connectivity index (χ0) is 13.9. The highest BCUT2D eigenvalue weighted by Gasteiger charge is 2.34. The van der Waals surface area contributed by atoms with Crippen LogP contribution in [0.25, 0.3) is 0 Å². The summed E-state index contributed by atoms with van der Waals surface area (Å²) >= 11 is 0. The van der Waals surface area contributed by atoms with Gasteiger partial charge in [-0.25, -0.2) is 0 Å². The SMILES string of the molecule is Cc1ccc(C)c(C(=O)NC2(C#N)CCCCC2)c1. The molecule has 0 aromatic heterocycles. The maximum atomic E-state index is 12.4. The Hall–Kier alpha value is -1.82. The van der Waals surface area contributed by atoms with E-state index in [1.54, 1.807) is 0 Å². The molecular formula is C16H20N2O. The normalized spacial score (nSPS) is 17.5. The molecule has 0 radical (unpaired) electrons. The highest BCUT2D eigenvalue weighted by molar-refractivity contribution is 5.96. The summed E-state index contributed by atoms with van der Waals surface area (Å²) in [5, 5.41) is 12.4. The van der Waals surface area contributed by atoms with E-state index in [-0.39, 0.29) is 5.91 Å². The van der Waals surface area contributed by atoms with E-state index in [1.165, 1.54) is 0 Å². The van der Waals surface area contributed by atoms with E-state index in [0.29, 0.717) is 5.56 Å². The highest BCUT2D eigenvalue weighted by Crippen LogP contribution is 2.28. The molecule has 1 saturated carbocycles. The van der Waals surface area contributed by atoms with Crippen molar-refractivity contribution in [2.45, 2.75) is 51.5 Å². The lowest BCUT2D eigenvalue weighted by Crippen LogP contribution is -2.48. The summed E-state index contributed by atoms with van der Waals surface area (Å²) in [5.41, 5.74) is 2.03. The Morgan fingerprint density at radius 3 is 2.58 bits per heavy atom. The number of nitrogens with zero attached hydrogens (tertiary/aromatic N) is 1. The number of nitriles is 1. The van der Waals surface area contributed by atoms with E-state index in [9.17, 15) is 10.1 Å². The van der Waals surface area contributed by atoms with Crippen molar-refractivity contribution in [1.29, 1.82) is 5.26 Å². The van der Waals surface area contributed by atoms with Crippen LogP contribution in [-0.4, -0.2) is 11.4 Å². The number of benzene rings is 1. The van der Waals surface area contributed by atoms with Gasteiger partial charge in [0.1, 0.15) is 5.54 Å². The maximum absolute atomic E-state index is 12.4. The molecule has 2 rings (SSSR count). The molecule has 1 aromatic carbocycles.